The lowest BCUT2D eigenvalue weighted by atomic mass is 10.1. The molecule has 3 rings (SSSR count). The predicted octanol–water partition coefficient (Wildman–Crippen LogP) is 1.14. The Morgan fingerprint density at radius 2 is 2.13 bits per heavy atom. The van der Waals surface area contributed by atoms with Gasteiger partial charge in [-0.15, -0.1) is 0 Å². The Balaban J connectivity index is 1.95. The van der Waals surface area contributed by atoms with Crippen molar-refractivity contribution in [2.24, 2.45) is 0 Å². The van der Waals surface area contributed by atoms with E-state index in [4.69, 9.17) is 0 Å². The number of nitrogens with zero attached hydrogens (tertiary/aromatic N) is 4. The fraction of sp³-hybridized carbons (Fsp3) is 0.500. The minimum Gasteiger partial charge on any atom is -0.355 e. The van der Waals surface area contributed by atoms with Crippen LogP contribution in [0.5, 0.6) is 0 Å². The number of anilines is 1. The average Bonchev–Trinajstić information content (AvgIpc) is 2.77. The molecule has 77 valence electrons. The molecule has 0 spiro atoms. The third kappa shape index (κ3) is 1.54. The maximum Gasteiger partial charge on any atom is 0.175 e. The number of H-pyrrole nitrogens is 1. The van der Waals surface area contributed by atoms with E-state index in [1.165, 1.54) is 19.3 Å². The molecule has 2 aromatic rings. The molecule has 1 fully saturated rings. The first-order valence-electron chi connectivity index (χ1n) is 5.27. The zero-order valence-corrected chi connectivity index (χ0v) is 8.40. The van der Waals surface area contributed by atoms with Crippen molar-refractivity contribution >= 4 is 17.0 Å². The second-order valence-electron chi connectivity index (χ2n) is 3.81. The first-order chi connectivity index (χ1) is 7.43. The molecule has 0 atom stereocenters. The van der Waals surface area contributed by atoms with Crippen molar-refractivity contribution in [2.75, 3.05) is 18.0 Å². The van der Waals surface area contributed by atoms with Gasteiger partial charge in [-0.1, -0.05) is 0 Å². The van der Waals surface area contributed by atoms with Gasteiger partial charge in [0.2, 0.25) is 0 Å². The topological polar surface area (TPSA) is 57.7 Å². The lowest BCUT2D eigenvalue weighted by Gasteiger charge is -2.27. The van der Waals surface area contributed by atoms with E-state index in [9.17, 15) is 0 Å². The van der Waals surface area contributed by atoms with Crippen LogP contribution >= 0.6 is 0 Å². The van der Waals surface area contributed by atoms with Crippen LogP contribution in [0.4, 0.5) is 5.82 Å². The number of aromatic amines is 1. The van der Waals surface area contributed by atoms with Crippen LogP contribution in [-0.2, 0) is 0 Å². The molecule has 1 aliphatic heterocycles. The van der Waals surface area contributed by atoms with Gasteiger partial charge < -0.3 is 4.90 Å². The van der Waals surface area contributed by atoms with E-state index in [-0.39, 0.29) is 0 Å². The van der Waals surface area contributed by atoms with Crippen molar-refractivity contribution in [3.05, 3.63) is 12.4 Å². The summed E-state index contributed by atoms with van der Waals surface area (Å²) in [6.07, 6.45) is 8.41. The Morgan fingerprint density at radius 1 is 1.27 bits per heavy atom. The number of rotatable bonds is 1. The van der Waals surface area contributed by atoms with E-state index < -0.39 is 0 Å². The van der Waals surface area contributed by atoms with Crippen LogP contribution in [0.2, 0.25) is 0 Å². The van der Waals surface area contributed by atoms with Crippen molar-refractivity contribution in [2.45, 2.75) is 19.3 Å². The fourth-order valence-corrected chi connectivity index (χ4v) is 1.95. The van der Waals surface area contributed by atoms with E-state index in [1.54, 1.807) is 6.20 Å². The highest BCUT2D eigenvalue weighted by molar-refractivity contribution is 5.69. The number of piperidine rings is 1. The van der Waals surface area contributed by atoms with Crippen LogP contribution in [-0.4, -0.2) is 33.3 Å². The Hall–Kier alpha value is -1.65. The molecule has 0 aromatic carbocycles. The first-order valence-corrected chi connectivity index (χ1v) is 5.27. The Bertz CT molecular complexity index is 458. The van der Waals surface area contributed by atoms with Crippen LogP contribution in [0.1, 0.15) is 19.3 Å². The molecule has 5 heteroatoms. The molecule has 0 aliphatic carbocycles. The van der Waals surface area contributed by atoms with Gasteiger partial charge in [-0.3, -0.25) is 5.10 Å². The van der Waals surface area contributed by atoms with E-state index >= 15 is 0 Å². The van der Waals surface area contributed by atoms with Crippen molar-refractivity contribution in [1.29, 1.82) is 0 Å². The Morgan fingerprint density at radius 3 is 3.00 bits per heavy atom. The van der Waals surface area contributed by atoms with Gasteiger partial charge in [0.15, 0.2) is 5.65 Å². The molecule has 2 aromatic heterocycles. The summed E-state index contributed by atoms with van der Waals surface area (Å²) in [5, 5.41) is 6.55. The monoisotopic (exact) mass is 202 g/mol. The molecular formula is C10H12N5. The lowest BCUT2D eigenvalue weighted by molar-refractivity contribution is 0.573. The van der Waals surface area contributed by atoms with Gasteiger partial charge in [0.25, 0.3) is 0 Å². The van der Waals surface area contributed by atoms with Crippen LogP contribution < -0.4 is 4.90 Å². The molecule has 15 heavy (non-hydrogen) atoms. The normalized spacial score (nSPS) is 17.2. The molecule has 0 saturated carbocycles. The quantitative estimate of drug-likeness (QED) is 0.753. The molecule has 0 amide bonds. The second kappa shape index (κ2) is 3.49. The molecule has 1 N–H and O–H groups in total. The third-order valence-corrected chi connectivity index (χ3v) is 2.76. The van der Waals surface area contributed by atoms with Gasteiger partial charge in [0, 0.05) is 13.1 Å². The summed E-state index contributed by atoms with van der Waals surface area (Å²) in [6.45, 7) is 2.16. The predicted molar refractivity (Wildman–Crippen MR) is 56.6 cm³/mol. The summed E-state index contributed by atoms with van der Waals surface area (Å²) in [6, 6.07) is 0. The van der Waals surface area contributed by atoms with E-state index in [1.807, 2.05) is 0 Å². The molecule has 5 nitrogen and oxygen atoms in total. The average molecular weight is 202 g/mol. The van der Waals surface area contributed by atoms with Gasteiger partial charge in [-0.2, -0.15) is 5.10 Å². The zero-order chi connectivity index (χ0) is 10.1. The highest BCUT2D eigenvalue weighted by Crippen LogP contribution is 2.18. The Labute approximate surface area is 87.5 Å². The minimum absolute atomic E-state index is 0.704. The summed E-state index contributed by atoms with van der Waals surface area (Å²) >= 11 is 0. The molecular weight excluding hydrogens is 190 g/mol. The van der Waals surface area contributed by atoms with Crippen LogP contribution in [0, 0.1) is 6.20 Å². The number of fused-ring (bicyclic) bond motifs is 1. The maximum absolute atomic E-state index is 4.47. The lowest BCUT2D eigenvalue weighted by Crippen LogP contribution is -2.30. The molecule has 1 aliphatic rings. The van der Waals surface area contributed by atoms with Crippen LogP contribution in [0.3, 0.4) is 0 Å². The first kappa shape index (κ1) is 8.64. The van der Waals surface area contributed by atoms with E-state index in [2.05, 4.69) is 31.3 Å². The van der Waals surface area contributed by atoms with Gasteiger partial charge in [0.05, 0.1) is 6.20 Å². The summed E-state index contributed by atoms with van der Waals surface area (Å²) in [5.41, 5.74) is 1.42. The zero-order valence-electron chi connectivity index (χ0n) is 8.40. The number of hydrogen-bond donors (Lipinski definition) is 1. The Kier molecular flexibility index (Phi) is 2.01. The van der Waals surface area contributed by atoms with Crippen molar-refractivity contribution < 1.29 is 0 Å². The molecule has 0 unspecified atom stereocenters. The summed E-state index contributed by atoms with van der Waals surface area (Å²) in [7, 11) is 0. The minimum atomic E-state index is 0.704. The van der Waals surface area contributed by atoms with Crippen molar-refractivity contribution in [1.82, 2.24) is 20.2 Å². The molecule has 0 bridgehead atoms. The summed E-state index contributed by atoms with van der Waals surface area (Å²) < 4.78 is 0. The van der Waals surface area contributed by atoms with Crippen molar-refractivity contribution in [3.63, 3.8) is 0 Å². The number of hydrogen-bond acceptors (Lipinski definition) is 4. The van der Waals surface area contributed by atoms with E-state index in [0.717, 1.165) is 24.4 Å². The maximum atomic E-state index is 4.47. The highest BCUT2D eigenvalue weighted by atomic mass is 15.2. The molecule has 1 radical (unpaired) electrons. The second-order valence-corrected chi connectivity index (χ2v) is 3.81. The van der Waals surface area contributed by atoms with E-state index in [0.29, 0.717) is 5.65 Å². The summed E-state index contributed by atoms with van der Waals surface area (Å²) in [4.78, 5) is 11.0. The number of nitrogens with one attached hydrogen (secondary N) is 1. The standard InChI is InChI=1S/C10H12N5/c1-2-4-15(5-3-1)9-7-11-10-8(13-9)6-12-14-10/h7H,1-5H2,(H,11,12,14). The highest BCUT2D eigenvalue weighted by Gasteiger charge is 2.13. The van der Waals surface area contributed by atoms with Crippen LogP contribution in [0.15, 0.2) is 6.20 Å². The largest absolute Gasteiger partial charge is 0.355 e. The van der Waals surface area contributed by atoms with Crippen molar-refractivity contribution in [3.8, 4) is 0 Å². The molecule has 1 saturated heterocycles. The SMILES string of the molecule is [c]1n[nH]c2ncc(N3CCCCC3)nc12. The number of aromatic nitrogens is 4. The fourth-order valence-electron chi connectivity index (χ4n) is 1.95. The van der Waals surface area contributed by atoms with Gasteiger partial charge in [-0.05, 0) is 19.3 Å². The van der Waals surface area contributed by atoms with Gasteiger partial charge >= 0.3 is 0 Å². The van der Waals surface area contributed by atoms with Gasteiger partial charge in [0.1, 0.15) is 17.5 Å². The molecule has 3 heterocycles. The third-order valence-electron chi connectivity index (χ3n) is 2.76. The van der Waals surface area contributed by atoms with Crippen LogP contribution in [0.25, 0.3) is 11.2 Å². The smallest absolute Gasteiger partial charge is 0.175 e. The summed E-state index contributed by atoms with van der Waals surface area (Å²) in [5.74, 6) is 0.944. The van der Waals surface area contributed by atoms with Gasteiger partial charge in [-0.25, -0.2) is 9.97 Å².